The van der Waals surface area contributed by atoms with Crippen molar-refractivity contribution in [2.45, 2.75) is 57.4 Å². The summed E-state index contributed by atoms with van der Waals surface area (Å²) in [5.41, 5.74) is 0.0959. The van der Waals surface area contributed by atoms with E-state index < -0.39 is 12.0 Å². The molecule has 1 fully saturated rings. The molecule has 0 aliphatic heterocycles. The molecule has 0 bridgehead atoms. The molecule has 1 saturated carbocycles. The lowest BCUT2D eigenvalue weighted by Crippen LogP contribution is -2.30. The summed E-state index contributed by atoms with van der Waals surface area (Å²) in [6, 6.07) is 5.78. The quantitative estimate of drug-likeness (QED) is 0.835. The SMILES string of the molecule is CC1CCCC(O)(Cc2ccc(OC(F)(F)F)cc2)CC1. The summed E-state index contributed by atoms with van der Waals surface area (Å²) < 4.78 is 40.1. The van der Waals surface area contributed by atoms with Crippen molar-refractivity contribution < 1.29 is 23.0 Å². The van der Waals surface area contributed by atoms with E-state index in [9.17, 15) is 18.3 Å². The van der Waals surface area contributed by atoms with Gasteiger partial charge < -0.3 is 9.84 Å². The standard InChI is InChI=1S/C16H21F3O2/c1-12-3-2-9-15(20,10-8-12)11-13-4-6-14(7-5-13)21-16(17,18)19/h4-7,12,20H,2-3,8-11H2,1H3. The van der Waals surface area contributed by atoms with E-state index >= 15 is 0 Å². The molecule has 1 N–H and O–H groups in total. The van der Waals surface area contributed by atoms with E-state index in [1.165, 1.54) is 12.1 Å². The average Bonchev–Trinajstić information content (AvgIpc) is 2.53. The minimum absolute atomic E-state index is 0.229. The molecule has 118 valence electrons. The van der Waals surface area contributed by atoms with Crippen LogP contribution in [0.5, 0.6) is 5.75 Å². The Balaban J connectivity index is 1.99. The van der Waals surface area contributed by atoms with Crippen molar-refractivity contribution in [1.29, 1.82) is 0 Å². The fraction of sp³-hybridized carbons (Fsp3) is 0.625. The predicted octanol–water partition coefficient (Wildman–Crippen LogP) is 4.46. The van der Waals surface area contributed by atoms with Gasteiger partial charge in [-0.15, -0.1) is 13.2 Å². The van der Waals surface area contributed by atoms with Crippen LogP contribution in [0.2, 0.25) is 0 Å². The third kappa shape index (κ3) is 5.23. The number of aliphatic hydroxyl groups is 1. The molecule has 2 nitrogen and oxygen atoms in total. The van der Waals surface area contributed by atoms with Crippen LogP contribution >= 0.6 is 0 Å². The molecule has 0 spiro atoms. The second-order valence-corrected chi connectivity index (χ2v) is 6.13. The second-order valence-electron chi connectivity index (χ2n) is 6.13. The normalized spacial score (nSPS) is 27.2. The zero-order chi connectivity index (χ0) is 15.5. The third-order valence-corrected chi connectivity index (χ3v) is 4.13. The topological polar surface area (TPSA) is 29.5 Å². The summed E-state index contributed by atoms with van der Waals surface area (Å²) in [7, 11) is 0. The number of hydrogen-bond acceptors (Lipinski definition) is 2. The summed E-state index contributed by atoms with van der Waals surface area (Å²) >= 11 is 0. The lowest BCUT2D eigenvalue weighted by molar-refractivity contribution is -0.274. The number of halogens is 3. The molecule has 2 rings (SSSR count). The molecule has 0 radical (unpaired) electrons. The van der Waals surface area contributed by atoms with Gasteiger partial charge in [-0.1, -0.05) is 31.9 Å². The molecule has 1 aliphatic carbocycles. The van der Waals surface area contributed by atoms with Gasteiger partial charge in [0.1, 0.15) is 5.75 Å². The van der Waals surface area contributed by atoms with Gasteiger partial charge in [0.2, 0.25) is 0 Å². The fourth-order valence-corrected chi connectivity index (χ4v) is 2.93. The van der Waals surface area contributed by atoms with Crippen LogP contribution in [0, 0.1) is 5.92 Å². The summed E-state index contributed by atoms with van der Waals surface area (Å²) in [5.74, 6) is 0.398. The van der Waals surface area contributed by atoms with Crippen LogP contribution in [0.15, 0.2) is 24.3 Å². The monoisotopic (exact) mass is 302 g/mol. The first-order chi connectivity index (χ1) is 9.76. The Kier molecular flexibility index (Phi) is 4.81. The highest BCUT2D eigenvalue weighted by atomic mass is 19.4. The van der Waals surface area contributed by atoms with Gasteiger partial charge in [-0.2, -0.15) is 0 Å². The number of alkyl halides is 3. The molecule has 21 heavy (non-hydrogen) atoms. The Bertz CT molecular complexity index is 456. The van der Waals surface area contributed by atoms with Gasteiger partial charge in [-0.05, 0) is 42.9 Å². The lowest BCUT2D eigenvalue weighted by atomic mass is 9.87. The van der Waals surface area contributed by atoms with E-state index in [0.717, 1.165) is 37.7 Å². The smallest absolute Gasteiger partial charge is 0.406 e. The summed E-state index contributed by atoms with van der Waals surface area (Å²) in [6.45, 7) is 2.19. The molecule has 1 aliphatic rings. The van der Waals surface area contributed by atoms with E-state index in [1.54, 1.807) is 12.1 Å². The number of ether oxygens (including phenoxy) is 1. The van der Waals surface area contributed by atoms with Crippen LogP contribution in [0.3, 0.4) is 0 Å². The highest BCUT2D eigenvalue weighted by molar-refractivity contribution is 5.28. The molecule has 1 aromatic rings. The maximum atomic E-state index is 12.1. The average molecular weight is 302 g/mol. The van der Waals surface area contributed by atoms with Crippen LogP contribution in [0.1, 0.15) is 44.6 Å². The second kappa shape index (κ2) is 6.26. The van der Waals surface area contributed by atoms with Gasteiger partial charge in [0, 0.05) is 6.42 Å². The molecule has 0 amide bonds. The van der Waals surface area contributed by atoms with Crippen LogP contribution in [0.4, 0.5) is 13.2 Å². The largest absolute Gasteiger partial charge is 0.573 e. The van der Waals surface area contributed by atoms with Gasteiger partial charge in [0.05, 0.1) is 5.60 Å². The van der Waals surface area contributed by atoms with Gasteiger partial charge in [-0.3, -0.25) is 0 Å². The summed E-state index contributed by atoms with van der Waals surface area (Å²) in [4.78, 5) is 0. The van der Waals surface area contributed by atoms with E-state index in [0.29, 0.717) is 12.3 Å². The Morgan fingerprint density at radius 3 is 2.48 bits per heavy atom. The Morgan fingerprint density at radius 2 is 1.86 bits per heavy atom. The molecule has 2 unspecified atom stereocenters. The number of hydrogen-bond donors (Lipinski definition) is 1. The van der Waals surface area contributed by atoms with E-state index in [-0.39, 0.29) is 5.75 Å². The maximum Gasteiger partial charge on any atom is 0.573 e. The van der Waals surface area contributed by atoms with Crippen molar-refractivity contribution in [2.75, 3.05) is 0 Å². The zero-order valence-electron chi connectivity index (χ0n) is 12.1. The fourth-order valence-electron chi connectivity index (χ4n) is 2.93. The Labute approximate surface area is 122 Å². The first kappa shape index (κ1) is 16.1. The minimum Gasteiger partial charge on any atom is -0.406 e. The maximum absolute atomic E-state index is 12.1. The van der Waals surface area contributed by atoms with E-state index in [1.807, 2.05) is 0 Å². The van der Waals surface area contributed by atoms with Crippen molar-refractivity contribution in [3.63, 3.8) is 0 Å². The highest BCUT2D eigenvalue weighted by Gasteiger charge is 2.32. The van der Waals surface area contributed by atoms with E-state index in [4.69, 9.17) is 0 Å². The summed E-state index contributed by atoms with van der Waals surface area (Å²) in [6.07, 6.45) is 0.412. The summed E-state index contributed by atoms with van der Waals surface area (Å²) in [5, 5.41) is 10.7. The van der Waals surface area contributed by atoms with Gasteiger partial charge >= 0.3 is 6.36 Å². The first-order valence-electron chi connectivity index (χ1n) is 7.33. The number of rotatable bonds is 3. The molecule has 0 aromatic heterocycles. The van der Waals surface area contributed by atoms with Gasteiger partial charge in [-0.25, -0.2) is 0 Å². The molecule has 0 saturated heterocycles. The molecule has 0 heterocycles. The first-order valence-corrected chi connectivity index (χ1v) is 7.33. The minimum atomic E-state index is -4.67. The molecule has 2 atom stereocenters. The Hall–Kier alpha value is -1.23. The van der Waals surface area contributed by atoms with Crippen LogP contribution in [-0.2, 0) is 6.42 Å². The van der Waals surface area contributed by atoms with Gasteiger partial charge in [0.25, 0.3) is 0 Å². The van der Waals surface area contributed by atoms with Crippen molar-refractivity contribution in [3.8, 4) is 5.75 Å². The van der Waals surface area contributed by atoms with E-state index in [2.05, 4.69) is 11.7 Å². The molecular weight excluding hydrogens is 281 g/mol. The van der Waals surface area contributed by atoms with Crippen molar-refractivity contribution >= 4 is 0 Å². The lowest BCUT2D eigenvalue weighted by Gasteiger charge is -2.27. The van der Waals surface area contributed by atoms with Crippen LogP contribution in [-0.4, -0.2) is 17.1 Å². The molecule has 5 heteroatoms. The van der Waals surface area contributed by atoms with Crippen molar-refractivity contribution in [3.05, 3.63) is 29.8 Å². The zero-order valence-corrected chi connectivity index (χ0v) is 12.1. The Morgan fingerprint density at radius 1 is 1.19 bits per heavy atom. The van der Waals surface area contributed by atoms with Crippen molar-refractivity contribution in [1.82, 2.24) is 0 Å². The highest BCUT2D eigenvalue weighted by Crippen LogP contribution is 2.33. The molecule has 1 aromatic carbocycles. The van der Waals surface area contributed by atoms with Crippen LogP contribution < -0.4 is 4.74 Å². The van der Waals surface area contributed by atoms with Gasteiger partial charge in [0.15, 0.2) is 0 Å². The molecular formula is C16H21F3O2. The van der Waals surface area contributed by atoms with Crippen molar-refractivity contribution in [2.24, 2.45) is 5.92 Å². The predicted molar refractivity (Wildman–Crippen MR) is 74.0 cm³/mol. The number of benzene rings is 1. The third-order valence-electron chi connectivity index (χ3n) is 4.13. The van der Waals surface area contributed by atoms with Crippen LogP contribution in [0.25, 0.3) is 0 Å².